The number of hydrogen-bond acceptors (Lipinski definition) is 2. The van der Waals surface area contributed by atoms with Gasteiger partial charge in [0.25, 0.3) is 0 Å². The molecular formula is C19H28O2. The standard InChI is InChI=1S/C19H28O2/c1-4-5-6-7-8-9-14-21-19(20)13-12-18-11-10-16(2)15-17(18)3/h10-13,15H,4-9,14H2,1-3H3. The largest absolute Gasteiger partial charge is 0.463 e. The van der Waals surface area contributed by atoms with E-state index >= 15 is 0 Å². The van der Waals surface area contributed by atoms with E-state index in [-0.39, 0.29) is 5.97 Å². The summed E-state index contributed by atoms with van der Waals surface area (Å²) in [6, 6.07) is 6.19. The molecule has 0 N–H and O–H groups in total. The average molecular weight is 288 g/mol. The van der Waals surface area contributed by atoms with Gasteiger partial charge in [0.2, 0.25) is 0 Å². The average Bonchev–Trinajstić information content (AvgIpc) is 2.45. The summed E-state index contributed by atoms with van der Waals surface area (Å²) >= 11 is 0. The first-order valence-electron chi connectivity index (χ1n) is 8.05. The predicted molar refractivity (Wildman–Crippen MR) is 89.3 cm³/mol. The third-order valence-electron chi connectivity index (χ3n) is 3.57. The Morgan fingerprint density at radius 2 is 1.81 bits per heavy atom. The second kappa shape index (κ2) is 10.2. The van der Waals surface area contributed by atoms with Gasteiger partial charge in [-0.15, -0.1) is 0 Å². The highest BCUT2D eigenvalue weighted by atomic mass is 16.5. The van der Waals surface area contributed by atoms with Crippen LogP contribution in [0, 0.1) is 13.8 Å². The van der Waals surface area contributed by atoms with Crippen molar-refractivity contribution in [3.05, 3.63) is 41.0 Å². The summed E-state index contributed by atoms with van der Waals surface area (Å²) in [6.07, 6.45) is 10.6. The van der Waals surface area contributed by atoms with Crippen LogP contribution in [0.1, 0.15) is 62.1 Å². The van der Waals surface area contributed by atoms with Gasteiger partial charge in [-0.3, -0.25) is 0 Å². The van der Waals surface area contributed by atoms with Gasteiger partial charge in [0.15, 0.2) is 0 Å². The SMILES string of the molecule is CCCCCCCCOC(=O)C=Cc1ccc(C)cc1C. The summed E-state index contributed by atoms with van der Waals surface area (Å²) < 4.78 is 5.21. The number of ether oxygens (including phenoxy) is 1. The first-order chi connectivity index (χ1) is 10.1. The van der Waals surface area contributed by atoms with E-state index in [0.29, 0.717) is 6.61 Å². The molecule has 1 aromatic rings. The second-order valence-corrected chi connectivity index (χ2v) is 5.63. The highest BCUT2D eigenvalue weighted by Gasteiger charge is 1.99. The smallest absolute Gasteiger partial charge is 0.330 e. The molecule has 0 aliphatic rings. The monoisotopic (exact) mass is 288 g/mol. The van der Waals surface area contributed by atoms with Crippen molar-refractivity contribution in [3.8, 4) is 0 Å². The second-order valence-electron chi connectivity index (χ2n) is 5.63. The molecule has 0 aromatic heterocycles. The number of benzene rings is 1. The van der Waals surface area contributed by atoms with E-state index < -0.39 is 0 Å². The van der Waals surface area contributed by atoms with Crippen molar-refractivity contribution >= 4 is 12.0 Å². The van der Waals surface area contributed by atoms with Crippen molar-refractivity contribution in [1.82, 2.24) is 0 Å². The minimum absolute atomic E-state index is 0.247. The Balaban J connectivity index is 2.22. The first kappa shape index (κ1) is 17.5. The molecule has 0 fully saturated rings. The fraction of sp³-hybridized carbons (Fsp3) is 0.526. The summed E-state index contributed by atoms with van der Waals surface area (Å²) in [5, 5.41) is 0. The minimum atomic E-state index is -0.247. The Morgan fingerprint density at radius 3 is 2.52 bits per heavy atom. The van der Waals surface area contributed by atoms with Crippen LogP contribution < -0.4 is 0 Å². The maximum atomic E-state index is 11.6. The van der Waals surface area contributed by atoms with Crippen molar-refractivity contribution < 1.29 is 9.53 Å². The van der Waals surface area contributed by atoms with Gasteiger partial charge in [-0.25, -0.2) is 4.79 Å². The Hall–Kier alpha value is -1.57. The number of esters is 1. The Labute approximate surface area is 129 Å². The maximum absolute atomic E-state index is 11.6. The van der Waals surface area contributed by atoms with Crippen LogP contribution in [-0.2, 0) is 9.53 Å². The van der Waals surface area contributed by atoms with Crippen molar-refractivity contribution in [2.75, 3.05) is 6.61 Å². The van der Waals surface area contributed by atoms with E-state index in [1.54, 1.807) is 0 Å². The molecule has 0 aliphatic carbocycles. The molecular weight excluding hydrogens is 260 g/mol. The highest BCUT2D eigenvalue weighted by Crippen LogP contribution is 2.12. The van der Waals surface area contributed by atoms with E-state index in [2.05, 4.69) is 19.9 Å². The summed E-state index contributed by atoms with van der Waals surface area (Å²) in [4.78, 5) is 11.6. The van der Waals surface area contributed by atoms with Gasteiger partial charge in [-0.1, -0.05) is 62.8 Å². The van der Waals surface area contributed by atoms with Gasteiger partial charge in [0, 0.05) is 6.08 Å². The third-order valence-corrected chi connectivity index (χ3v) is 3.57. The molecule has 0 radical (unpaired) electrons. The summed E-state index contributed by atoms with van der Waals surface area (Å²) in [5.74, 6) is -0.247. The van der Waals surface area contributed by atoms with E-state index in [1.807, 2.05) is 25.1 Å². The van der Waals surface area contributed by atoms with Crippen molar-refractivity contribution in [1.29, 1.82) is 0 Å². The highest BCUT2D eigenvalue weighted by molar-refractivity contribution is 5.87. The van der Waals surface area contributed by atoms with Crippen molar-refractivity contribution in [2.45, 2.75) is 59.3 Å². The zero-order valence-corrected chi connectivity index (χ0v) is 13.7. The van der Waals surface area contributed by atoms with E-state index in [0.717, 1.165) is 18.4 Å². The van der Waals surface area contributed by atoms with Gasteiger partial charge in [-0.2, -0.15) is 0 Å². The Morgan fingerprint density at radius 1 is 1.10 bits per heavy atom. The molecule has 0 spiro atoms. The lowest BCUT2D eigenvalue weighted by Crippen LogP contribution is -2.02. The molecule has 0 aliphatic heterocycles. The lowest BCUT2D eigenvalue weighted by atomic mass is 10.1. The van der Waals surface area contributed by atoms with E-state index in [9.17, 15) is 4.79 Å². The number of hydrogen-bond donors (Lipinski definition) is 0. The van der Waals surface area contributed by atoms with Crippen LogP contribution in [0.15, 0.2) is 24.3 Å². The van der Waals surface area contributed by atoms with Crippen molar-refractivity contribution in [2.24, 2.45) is 0 Å². The maximum Gasteiger partial charge on any atom is 0.330 e. The number of aryl methyl sites for hydroxylation is 2. The van der Waals surface area contributed by atoms with Gasteiger partial charge in [0.1, 0.15) is 0 Å². The predicted octanol–water partition coefficient (Wildman–Crippen LogP) is 5.22. The molecule has 2 nitrogen and oxygen atoms in total. The van der Waals surface area contributed by atoms with Gasteiger partial charge < -0.3 is 4.74 Å². The third kappa shape index (κ3) is 7.69. The van der Waals surface area contributed by atoms with Crippen LogP contribution in [0.5, 0.6) is 0 Å². The Kier molecular flexibility index (Phi) is 8.49. The van der Waals surface area contributed by atoms with Crippen LogP contribution in [0.25, 0.3) is 6.08 Å². The fourth-order valence-electron chi connectivity index (χ4n) is 2.27. The first-order valence-corrected chi connectivity index (χ1v) is 8.05. The molecule has 0 bridgehead atoms. The molecule has 116 valence electrons. The number of rotatable bonds is 9. The molecule has 1 rings (SSSR count). The van der Waals surface area contributed by atoms with Crippen LogP contribution >= 0.6 is 0 Å². The van der Waals surface area contributed by atoms with Gasteiger partial charge in [-0.05, 0) is 37.5 Å². The van der Waals surface area contributed by atoms with Crippen molar-refractivity contribution in [3.63, 3.8) is 0 Å². The molecule has 0 saturated carbocycles. The number of carbonyl (C=O) groups is 1. The van der Waals surface area contributed by atoms with Crippen LogP contribution in [0.4, 0.5) is 0 Å². The summed E-state index contributed by atoms with van der Waals surface area (Å²) in [7, 11) is 0. The molecule has 1 aromatic carbocycles. The van der Waals surface area contributed by atoms with Gasteiger partial charge in [0.05, 0.1) is 6.61 Å². The van der Waals surface area contributed by atoms with E-state index in [1.165, 1.54) is 42.9 Å². The lowest BCUT2D eigenvalue weighted by Gasteiger charge is -2.03. The quantitative estimate of drug-likeness (QED) is 0.354. The lowest BCUT2D eigenvalue weighted by molar-refractivity contribution is -0.137. The molecule has 0 unspecified atom stereocenters. The summed E-state index contributed by atoms with van der Waals surface area (Å²) in [5.41, 5.74) is 3.47. The molecule has 0 heterocycles. The van der Waals surface area contributed by atoms with Crippen LogP contribution in [0.3, 0.4) is 0 Å². The zero-order valence-electron chi connectivity index (χ0n) is 13.7. The van der Waals surface area contributed by atoms with Gasteiger partial charge >= 0.3 is 5.97 Å². The Bertz CT molecular complexity index is 461. The minimum Gasteiger partial charge on any atom is -0.463 e. The van der Waals surface area contributed by atoms with Crippen LogP contribution in [-0.4, -0.2) is 12.6 Å². The summed E-state index contributed by atoms with van der Waals surface area (Å²) in [6.45, 7) is 6.86. The topological polar surface area (TPSA) is 26.3 Å². The van der Waals surface area contributed by atoms with E-state index in [4.69, 9.17) is 4.74 Å². The van der Waals surface area contributed by atoms with Crippen LogP contribution in [0.2, 0.25) is 0 Å². The number of unbranched alkanes of at least 4 members (excludes halogenated alkanes) is 5. The molecule has 21 heavy (non-hydrogen) atoms. The zero-order chi connectivity index (χ0) is 15.5. The molecule has 0 amide bonds. The number of carbonyl (C=O) groups excluding carboxylic acids is 1. The fourth-order valence-corrected chi connectivity index (χ4v) is 2.27. The molecule has 0 saturated heterocycles. The molecule has 0 atom stereocenters. The normalized spacial score (nSPS) is 11.0. The molecule has 2 heteroatoms.